The van der Waals surface area contributed by atoms with Crippen LogP contribution in [0.3, 0.4) is 0 Å². The van der Waals surface area contributed by atoms with Crippen molar-refractivity contribution in [2.45, 2.75) is 13.8 Å². The molecule has 0 N–H and O–H groups in total. The van der Waals surface area contributed by atoms with E-state index in [-0.39, 0.29) is 18.5 Å². The summed E-state index contributed by atoms with van der Waals surface area (Å²) in [4.78, 5) is 18.9. The number of ether oxygens (including phenoxy) is 3. The number of hydrogen-bond donors (Lipinski definition) is 0. The number of aryl methyl sites for hydroxylation is 1. The number of carbonyl (C=O) groups is 1. The van der Waals surface area contributed by atoms with E-state index in [0.717, 1.165) is 0 Å². The Morgan fingerprint density at radius 3 is 2.71 bits per heavy atom. The van der Waals surface area contributed by atoms with Crippen molar-refractivity contribution in [1.29, 1.82) is 0 Å². The highest BCUT2D eigenvalue weighted by Crippen LogP contribution is 2.26. The first-order chi connectivity index (χ1) is 8.08. The molecule has 1 aromatic heterocycles. The molecule has 6 nitrogen and oxygen atoms in total. The van der Waals surface area contributed by atoms with Crippen molar-refractivity contribution in [3.8, 4) is 11.9 Å². The average molecular weight is 261 g/mol. The molecule has 0 saturated carbocycles. The summed E-state index contributed by atoms with van der Waals surface area (Å²) < 4.78 is 14.7. The zero-order chi connectivity index (χ0) is 12.8. The van der Waals surface area contributed by atoms with Crippen molar-refractivity contribution < 1.29 is 19.0 Å². The molecule has 1 heterocycles. The van der Waals surface area contributed by atoms with Gasteiger partial charge in [0, 0.05) is 0 Å². The molecule has 17 heavy (non-hydrogen) atoms. The molecule has 7 heteroatoms. The molecule has 1 rings (SSSR count). The molecule has 0 fully saturated rings. The zero-order valence-electron chi connectivity index (χ0n) is 9.82. The first kappa shape index (κ1) is 13.5. The third-order valence-corrected chi connectivity index (χ3v) is 2.22. The van der Waals surface area contributed by atoms with Crippen molar-refractivity contribution in [2.24, 2.45) is 0 Å². The van der Waals surface area contributed by atoms with Crippen molar-refractivity contribution >= 4 is 17.6 Å². The first-order valence-corrected chi connectivity index (χ1v) is 5.32. The van der Waals surface area contributed by atoms with Gasteiger partial charge in [-0.25, -0.2) is 4.79 Å². The smallest absolute Gasteiger partial charge is 0.344 e. The lowest BCUT2D eigenvalue weighted by molar-refractivity contribution is -0.145. The van der Waals surface area contributed by atoms with Crippen LogP contribution in [0, 0.1) is 6.92 Å². The SMILES string of the molecule is CCOC(=O)COc1nc(C)c(Cl)c(OC)n1. The van der Waals surface area contributed by atoms with Crippen LogP contribution in [0.5, 0.6) is 11.9 Å². The summed E-state index contributed by atoms with van der Waals surface area (Å²) in [6, 6.07) is 0.0248. The zero-order valence-corrected chi connectivity index (χ0v) is 10.6. The Kier molecular flexibility index (Phi) is 4.96. The summed E-state index contributed by atoms with van der Waals surface area (Å²) >= 11 is 5.88. The summed E-state index contributed by atoms with van der Waals surface area (Å²) in [7, 11) is 1.43. The minimum Gasteiger partial charge on any atom is -0.480 e. The van der Waals surface area contributed by atoms with Gasteiger partial charge in [0.2, 0.25) is 5.88 Å². The molecule has 0 bridgehead atoms. The van der Waals surface area contributed by atoms with Crippen molar-refractivity contribution in [1.82, 2.24) is 9.97 Å². The summed E-state index contributed by atoms with van der Waals surface area (Å²) in [6.07, 6.45) is 0. The molecule has 0 atom stereocenters. The van der Waals surface area contributed by atoms with E-state index >= 15 is 0 Å². The lowest BCUT2D eigenvalue weighted by Gasteiger charge is -2.08. The van der Waals surface area contributed by atoms with Crippen LogP contribution in [0.25, 0.3) is 0 Å². The molecule has 94 valence electrons. The Bertz CT molecular complexity index is 412. The number of methoxy groups -OCH3 is 1. The second-order valence-electron chi connectivity index (χ2n) is 3.01. The van der Waals surface area contributed by atoms with Crippen LogP contribution in [0.1, 0.15) is 12.6 Å². The van der Waals surface area contributed by atoms with Crippen LogP contribution in [-0.4, -0.2) is 36.3 Å². The summed E-state index contributed by atoms with van der Waals surface area (Å²) in [5.74, 6) is -0.277. The molecule has 0 unspecified atom stereocenters. The van der Waals surface area contributed by atoms with Gasteiger partial charge in [0.15, 0.2) is 6.61 Å². The van der Waals surface area contributed by atoms with Crippen LogP contribution in [0.15, 0.2) is 0 Å². The van der Waals surface area contributed by atoms with Crippen molar-refractivity contribution in [3.63, 3.8) is 0 Å². The predicted octanol–water partition coefficient (Wildman–Crippen LogP) is 1.39. The number of aromatic nitrogens is 2. The van der Waals surface area contributed by atoms with E-state index in [4.69, 9.17) is 25.8 Å². The fourth-order valence-electron chi connectivity index (χ4n) is 1.03. The fourth-order valence-corrected chi connectivity index (χ4v) is 1.20. The third kappa shape index (κ3) is 3.74. The lowest BCUT2D eigenvalue weighted by atomic mass is 10.4. The molecule has 0 aliphatic carbocycles. The molecular formula is C10H13ClN2O4. The van der Waals surface area contributed by atoms with E-state index in [9.17, 15) is 4.79 Å². The Labute approximate surface area is 104 Å². The van der Waals surface area contributed by atoms with Gasteiger partial charge in [-0.05, 0) is 13.8 Å². The topological polar surface area (TPSA) is 70.5 Å². The van der Waals surface area contributed by atoms with Crippen molar-refractivity contribution in [3.05, 3.63) is 10.7 Å². The van der Waals surface area contributed by atoms with E-state index in [0.29, 0.717) is 17.3 Å². The number of carbonyl (C=O) groups excluding carboxylic acids is 1. The van der Waals surface area contributed by atoms with Gasteiger partial charge >= 0.3 is 12.0 Å². The normalized spacial score (nSPS) is 9.88. The molecule has 0 aromatic carbocycles. The average Bonchev–Trinajstić information content (AvgIpc) is 2.31. The van der Waals surface area contributed by atoms with Crippen LogP contribution >= 0.6 is 11.6 Å². The maximum absolute atomic E-state index is 11.1. The van der Waals surface area contributed by atoms with Gasteiger partial charge in [0.25, 0.3) is 0 Å². The van der Waals surface area contributed by atoms with E-state index < -0.39 is 5.97 Å². The summed E-state index contributed by atoms with van der Waals surface area (Å²) in [6.45, 7) is 3.44. The molecule has 0 aliphatic rings. The van der Waals surface area contributed by atoms with Gasteiger partial charge < -0.3 is 14.2 Å². The predicted molar refractivity (Wildman–Crippen MR) is 60.5 cm³/mol. The number of hydrogen-bond acceptors (Lipinski definition) is 6. The molecule has 0 radical (unpaired) electrons. The molecule has 0 saturated heterocycles. The quantitative estimate of drug-likeness (QED) is 0.745. The van der Waals surface area contributed by atoms with E-state index in [1.165, 1.54) is 7.11 Å². The van der Waals surface area contributed by atoms with Gasteiger partial charge in [-0.2, -0.15) is 9.97 Å². The molecule has 0 aliphatic heterocycles. The largest absolute Gasteiger partial charge is 0.480 e. The van der Waals surface area contributed by atoms with E-state index in [1.807, 2.05) is 0 Å². The second kappa shape index (κ2) is 6.24. The van der Waals surface area contributed by atoms with Gasteiger partial charge in [-0.15, -0.1) is 0 Å². The minimum atomic E-state index is -0.484. The first-order valence-electron chi connectivity index (χ1n) is 4.95. The van der Waals surface area contributed by atoms with E-state index in [1.54, 1.807) is 13.8 Å². The summed E-state index contributed by atoms with van der Waals surface area (Å²) in [5, 5.41) is 0.316. The highest BCUT2D eigenvalue weighted by molar-refractivity contribution is 6.32. The molecule has 0 spiro atoms. The highest BCUT2D eigenvalue weighted by atomic mass is 35.5. The van der Waals surface area contributed by atoms with Crippen LogP contribution in [0.4, 0.5) is 0 Å². The van der Waals surface area contributed by atoms with Crippen molar-refractivity contribution in [2.75, 3.05) is 20.3 Å². The van der Waals surface area contributed by atoms with Gasteiger partial charge in [0.1, 0.15) is 5.02 Å². The van der Waals surface area contributed by atoms with Gasteiger partial charge in [-0.1, -0.05) is 11.6 Å². The van der Waals surface area contributed by atoms with E-state index in [2.05, 4.69) is 9.97 Å². The highest BCUT2D eigenvalue weighted by Gasteiger charge is 2.12. The Balaban J connectivity index is 2.72. The number of rotatable bonds is 5. The Morgan fingerprint density at radius 2 is 2.12 bits per heavy atom. The Morgan fingerprint density at radius 1 is 1.41 bits per heavy atom. The van der Waals surface area contributed by atoms with Gasteiger partial charge in [-0.3, -0.25) is 0 Å². The summed E-state index contributed by atoms with van der Waals surface area (Å²) in [5.41, 5.74) is 0.511. The molecule has 1 aromatic rings. The number of halogens is 1. The number of nitrogens with zero attached hydrogens (tertiary/aromatic N) is 2. The standard InChI is InChI=1S/C10H13ClN2O4/c1-4-16-7(14)5-17-10-12-6(2)8(11)9(13-10)15-3/h4-5H2,1-3H3. The second-order valence-corrected chi connectivity index (χ2v) is 3.39. The maximum atomic E-state index is 11.1. The third-order valence-electron chi connectivity index (χ3n) is 1.78. The lowest BCUT2D eigenvalue weighted by Crippen LogP contribution is -2.16. The monoisotopic (exact) mass is 260 g/mol. The molecular weight excluding hydrogens is 248 g/mol. The Hall–Kier alpha value is -1.56. The minimum absolute atomic E-state index is 0.0248. The fraction of sp³-hybridized carbons (Fsp3) is 0.500. The van der Waals surface area contributed by atoms with Crippen LogP contribution in [-0.2, 0) is 9.53 Å². The maximum Gasteiger partial charge on any atom is 0.344 e. The molecule has 0 amide bonds. The van der Waals surface area contributed by atoms with Gasteiger partial charge in [0.05, 0.1) is 19.4 Å². The van der Waals surface area contributed by atoms with Crippen LogP contribution < -0.4 is 9.47 Å². The van der Waals surface area contributed by atoms with Crippen LogP contribution in [0.2, 0.25) is 5.02 Å². The number of esters is 1.